The summed E-state index contributed by atoms with van der Waals surface area (Å²) in [4.78, 5) is 7.03. The lowest BCUT2D eigenvalue weighted by atomic mass is 10.3. The molecular formula is C13H17N3OS. The van der Waals surface area contributed by atoms with Crippen LogP contribution in [0.3, 0.4) is 0 Å². The first kappa shape index (κ1) is 11.9. The summed E-state index contributed by atoms with van der Waals surface area (Å²) in [6.45, 7) is 2.98. The molecule has 0 saturated carbocycles. The van der Waals surface area contributed by atoms with E-state index in [1.807, 2.05) is 18.2 Å². The van der Waals surface area contributed by atoms with Gasteiger partial charge in [0.05, 0.1) is 23.9 Å². The van der Waals surface area contributed by atoms with E-state index >= 15 is 0 Å². The zero-order valence-electron chi connectivity index (χ0n) is 10.4. The van der Waals surface area contributed by atoms with E-state index in [-0.39, 0.29) is 0 Å². The summed E-state index contributed by atoms with van der Waals surface area (Å²) in [5, 5.41) is 1.16. The number of nitrogens with zero attached hydrogens (tertiary/aromatic N) is 2. The van der Waals surface area contributed by atoms with E-state index in [2.05, 4.69) is 9.88 Å². The molecule has 1 aromatic heterocycles. The van der Waals surface area contributed by atoms with Gasteiger partial charge in [0.1, 0.15) is 10.8 Å². The average molecular weight is 263 g/mol. The SMILES string of the molecule is COc1ccc2nc(CN3CC[C@@H](N)C3)sc2c1. The average Bonchev–Trinajstić information content (AvgIpc) is 2.94. The van der Waals surface area contributed by atoms with Crippen LogP contribution in [-0.4, -0.2) is 36.1 Å². The Kier molecular flexibility index (Phi) is 3.20. The maximum absolute atomic E-state index is 5.92. The molecule has 18 heavy (non-hydrogen) atoms. The van der Waals surface area contributed by atoms with E-state index in [0.717, 1.165) is 42.3 Å². The zero-order valence-corrected chi connectivity index (χ0v) is 11.2. The Balaban J connectivity index is 1.80. The molecule has 0 spiro atoms. The van der Waals surface area contributed by atoms with Crippen molar-refractivity contribution in [1.29, 1.82) is 0 Å². The van der Waals surface area contributed by atoms with Crippen molar-refractivity contribution in [1.82, 2.24) is 9.88 Å². The fourth-order valence-electron chi connectivity index (χ4n) is 2.34. The second-order valence-corrected chi connectivity index (χ2v) is 5.84. The molecule has 5 heteroatoms. The van der Waals surface area contributed by atoms with Crippen molar-refractivity contribution in [2.24, 2.45) is 5.73 Å². The fraction of sp³-hybridized carbons (Fsp3) is 0.462. The van der Waals surface area contributed by atoms with Crippen LogP contribution < -0.4 is 10.5 Å². The minimum absolute atomic E-state index is 0.333. The third-order valence-corrected chi connectivity index (χ3v) is 4.31. The van der Waals surface area contributed by atoms with Crippen LogP contribution in [0.15, 0.2) is 18.2 Å². The molecule has 96 valence electrons. The minimum Gasteiger partial charge on any atom is -0.497 e. The summed E-state index contributed by atoms with van der Waals surface area (Å²) in [5.74, 6) is 0.890. The second kappa shape index (κ2) is 4.84. The lowest BCUT2D eigenvalue weighted by Crippen LogP contribution is -2.26. The largest absolute Gasteiger partial charge is 0.497 e. The lowest BCUT2D eigenvalue weighted by Gasteiger charge is -2.12. The van der Waals surface area contributed by atoms with Gasteiger partial charge in [0.15, 0.2) is 0 Å². The van der Waals surface area contributed by atoms with Crippen molar-refractivity contribution in [2.75, 3.05) is 20.2 Å². The molecule has 1 fully saturated rings. The molecule has 0 radical (unpaired) electrons. The number of ether oxygens (including phenoxy) is 1. The number of likely N-dealkylation sites (tertiary alicyclic amines) is 1. The number of hydrogen-bond donors (Lipinski definition) is 1. The number of nitrogens with two attached hydrogens (primary N) is 1. The molecule has 2 aromatic rings. The monoisotopic (exact) mass is 263 g/mol. The van der Waals surface area contributed by atoms with Gasteiger partial charge in [0, 0.05) is 19.1 Å². The van der Waals surface area contributed by atoms with E-state index in [1.165, 1.54) is 4.70 Å². The van der Waals surface area contributed by atoms with Gasteiger partial charge in [-0.2, -0.15) is 0 Å². The molecule has 0 unspecified atom stereocenters. The smallest absolute Gasteiger partial charge is 0.120 e. The molecule has 0 bridgehead atoms. The quantitative estimate of drug-likeness (QED) is 0.918. The van der Waals surface area contributed by atoms with Crippen molar-refractivity contribution in [3.05, 3.63) is 23.2 Å². The molecule has 2 N–H and O–H groups in total. The van der Waals surface area contributed by atoms with E-state index < -0.39 is 0 Å². The molecule has 3 rings (SSSR count). The maximum atomic E-state index is 5.92. The third-order valence-electron chi connectivity index (χ3n) is 3.31. The van der Waals surface area contributed by atoms with E-state index in [9.17, 15) is 0 Å². The predicted octanol–water partition coefficient (Wildman–Crippen LogP) is 1.84. The van der Waals surface area contributed by atoms with Gasteiger partial charge in [0.25, 0.3) is 0 Å². The van der Waals surface area contributed by atoms with Crippen LogP contribution in [0.25, 0.3) is 10.2 Å². The highest BCUT2D eigenvalue weighted by atomic mass is 32.1. The van der Waals surface area contributed by atoms with Crippen LogP contribution in [0.5, 0.6) is 5.75 Å². The zero-order chi connectivity index (χ0) is 12.5. The Bertz CT molecular complexity index is 554. The predicted molar refractivity (Wildman–Crippen MR) is 74.0 cm³/mol. The van der Waals surface area contributed by atoms with E-state index in [4.69, 9.17) is 10.5 Å². The summed E-state index contributed by atoms with van der Waals surface area (Å²) in [7, 11) is 1.69. The standard InChI is InChI=1S/C13H17N3OS/c1-17-10-2-3-11-12(6-10)18-13(15-11)8-16-5-4-9(14)7-16/h2-3,6,9H,4-5,7-8,14H2,1H3/t9-/m1/s1. The normalized spacial score (nSPS) is 20.7. The molecule has 1 saturated heterocycles. The first-order valence-electron chi connectivity index (χ1n) is 6.16. The molecule has 1 aliphatic rings. The van der Waals surface area contributed by atoms with Crippen LogP contribution in [0.2, 0.25) is 0 Å². The molecule has 4 nitrogen and oxygen atoms in total. The van der Waals surface area contributed by atoms with Gasteiger partial charge in [-0.3, -0.25) is 4.90 Å². The van der Waals surface area contributed by atoms with Gasteiger partial charge >= 0.3 is 0 Å². The van der Waals surface area contributed by atoms with Gasteiger partial charge in [0.2, 0.25) is 0 Å². The number of hydrogen-bond acceptors (Lipinski definition) is 5. The van der Waals surface area contributed by atoms with Gasteiger partial charge in [-0.1, -0.05) is 0 Å². The van der Waals surface area contributed by atoms with Gasteiger partial charge in [-0.05, 0) is 24.6 Å². The van der Waals surface area contributed by atoms with Crippen LogP contribution >= 0.6 is 11.3 Å². The highest BCUT2D eigenvalue weighted by Gasteiger charge is 2.20. The molecule has 0 aliphatic carbocycles. The third kappa shape index (κ3) is 2.34. The Morgan fingerprint density at radius 3 is 3.17 bits per heavy atom. The van der Waals surface area contributed by atoms with Crippen LogP contribution in [0.1, 0.15) is 11.4 Å². The Labute approximate surface area is 110 Å². The molecule has 1 aromatic carbocycles. The number of thiazole rings is 1. The lowest BCUT2D eigenvalue weighted by molar-refractivity contribution is 0.326. The topological polar surface area (TPSA) is 51.4 Å². The number of rotatable bonds is 3. The Morgan fingerprint density at radius 1 is 1.56 bits per heavy atom. The highest BCUT2D eigenvalue weighted by Crippen LogP contribution is 2.27. The first-order valence-corrected chi connectivity index (χ1v) is 6.97. The summed E-state index contributed by atoms with van der Waals surface area (Å²) >= 11 is 1.74. The van der Waals surface area contributed by atoms with Gasteiger partial charge in [-0.25, -0.2) is 4.98 Å². The summed E-state index contributed by atoms with van der Waals surface area (Å²) in [6, 6.07) is 6.35. The molecule has 1 atom stereocenters. The van der Waals surface area contributed by atoms with Crippen LogP contribution in [-0.2, 0) is 6.54 Å². The van der Waals surface area contributed by atoms with E-state index in [0.29, 0.717) is 6.04 Å². The number of aromatic nitrogens is 1. The summed E-state index contributed by atoms with van der Waals surface area (Å²) < 4.78 is 6.42. The Hall–Kier alpha value is -1.17. The van der Waals surface area contributed by atoms with Crippen molar-refractivity contribution >= 4 is 21.6 Å². The molecule has 0 amide bonds. The number of methoxy groups -OCH3 is 1. The van der Waals surface area contributed by atoms with E-state index in [1.54, 1.807) is 18.4 Å². The summed E-state index contributed by atoms with van der Waals surface area (Å²) in [6.07, 6.45) is 1.10. The Morgan fingerprint density at radius 2 is 2.44 bits per heavy atom. The van der Waals surface area contributed by atoms with Crippen molar-refractivity contribution in [3.63, 3.8) is 0 Å². The van der Waals surface area contributed by atoms with Crippen LogP contribution in [0, 0.1) is 0 Å². The highest BCUT2D eigenvalue weighted by molar-refractivity contribution is 7.18. The molecule has 2 heterocycles. The van der Waals surface area contributed by atoms with Crippen molar-refractivity contribution < 1.29 is 4.74 Å². The number of benzene rings is 1. The van der Waals surface area contributed by atoms with Crippen molar-refractivity contribution in [3.8, 4) is 5.75 Å². The van der Waals surface area contributed by atoms with Crippen LogP contribution in [0.4, 0.5) is 0 Å². The fourth-order valence-corrected chi connectivity index (χ4v) is 3.38. The van der Waals surface area contributed by atoms with Gasteiger partial charge < -0.3 is 10.5 Å². The molecule has 1 aliphatic heterocycles. The van der Waals surface area contributed by atoms with Gasteiger partial charge in [-0.15, -0.1) is 11.3 Å². The number of fused-ring (bicyclic) bond motifs is 1. The summed E-state index contributed by atoms with van der Waals surface area (Å²) in [5.41, 5.74) is 6.97. The maximum Gasteiger partial charge on any atom is 0.120 e. The second-order valence-electron chi connectivity index (χ2n) is 4.73. The first-order chi connectivity index (χ1) is 8.74. The molecular weight excluding hydrogens is 246 g/mol. The minimum atomic E-state index is 0.333. The van der Waals surface area contributed by atoms with Crippen molar-refractivity contribution in [2.45, 2.75) is 19.0 Å².